The number of halogens is 2. The SMILES string of the molecule is Cl.Cl.Nc1ccc2cc[nH]c2c1. The van der Waals surface area contributed by atoms with Crippen LogP contribution in [0.5, 0.6) is 0 Å². The molecule has 0 radical (unpaired) electrons. The molecule has 0 atom stereocenters. The second kappa shape index (κ2) is 4.24. The average molecular weight is 205 g/mol. The van der Waals surface area contributed by atoms with Crippen LogP contribution in [0.4, 0.5) is 5.69 Å². The van der Waals surface area contributed by atoms with Crippen molar-refractivity contribution < 1.29 is 0 Å². The summed E-state index contributed by atoms with van der Waals surface area (Å²) in [5, 5.41) is 1.20. The molecular weight excluding hydrogens is 195 g/mol. The predicted molar refractivity (Wildman–Crippen MR) is 57.2 cm³/mol. The van der Waals surface area contributed by atoms with E-state index in [9.17, 15) is 0 Å². The third kappa shape index (κ3) is 1.84. The van der Waals surface area contributed by atoms with Crippen LogP contribution in [0.25, 0.3) is 10.9 Å². The van der Waals surface area contributed by atoms with Gasteiger partial charge in [0.2, 0.25) is 0 Å². The highest BCUT2D eigenvalue weighted by Crippen LogP contribution is 2.14. The summed E-state index contributed by atoms with van der Waals surface area (Å²) in [6.07, 6.45) is 1.91. The van der Waals surface area contributed by atoms with Crippen molar-refractivity contribution in [2.75, 3.05) is 5.73 Å². The van der Waals surface area contributed by atoms with E-state index in [1.807, 2.05) is 30.5 Å². The monoisotopic (exact) mass is 204 g/mol. The van der Waals surface area contributed by atoms with Gasteiger partial charge in [-0.3, -0.25) is 0 Å². The number of nitrogens with two attached hydrogens (primary N) is 1. The normalized spacial score (nSPS) is 8.67. The fourth-order valence-electron chi connectivity index (χ4n) is 1.07. The Labute approximate surface area is 83.0 Å². The number of nitrogen functional groups attached to an aromatic ring is 1. The molecule has 0 aliphatic carbocycles. The quantitative estimate of drug-likeness (QED) is 0.637. The number of aromatic amines is 1. The van der Waals surface area contributed by atoms with Crippen molar-refractivity contribution in [3.63, 3.8) is 0 Å². The lowest BCUT2D eigenvalue weighted by atomic mass is 10.2. The molecule has 0 saturated carbocycles. The van der Waals surface area contributed by atoms with Crippen molar-refractivity contribution in [1.29, 1.82) is 0 Å². The van der Waals surface area contributed by atoms with Gasteiger partial charge in [0, 0.05) is 17.4 Å². The van der Waals surface area contributed by atoms with E-state index >= 15 is 0 Å². The summed E-state index contributed by atoms with van der Waals surface area (Å²) >= 11 is 0. The van der Waals surface area contributed by atoms with Crippen LogP contribution in [0.3, 0.4) is 0 Å². The van der Waals surface area contributed by atoms with Gasteiger partial charge in [-0.15, -0.1) is 24.8 Å². The zero-order valence-electron chi connectivity index (χ0n) is 6.28. The van der Waals surface area contributed by atoms with E-state index < -0.39 is 0 Å². The highest BCUT2D eigenvalue weighted by Gasteiger charge is 1.91. The Bertz CT molecular complexity index is 357. The summed E-state index contributed by atoms with van der Waals surface area (Å²) in [5.74, 6) is 0. The molecule has 0 spiro atoms. The first-order valence-electron chi connectivity index (χ1n) is 3.19. The Morgan fingerprint density at radius 3 is 2.58 bits per heavy atom. The summed E-state index contributed by atoms with van der Waals surface area (Å²) in [7, 11) is 0. The van der Waals surface area contributed by atoms with Gasteiger partial charge in [-0.05, 0) is 23.6 Å². The summed E-state index contributed by atoms with van der Waals surface area (Å²) < 4.78 is 0. The third-order valence-corrected chi connectivity index (χ3v) is 1.58. The van der Waals surface area contributed by atoms with E-state index in [1.165, 1.54) is 5.39 Å². The molecule has 1 aromatic heterocycles. The molecule has 0 unspecified atom stereocenters. The molecule has 2 nitrogen and oxygen atoms in total. The number of fused-ring (bicyclic) bond motifs is 1. The fraction of sp³-hybridized carbons (Fsp3) is 0. The predicted octanol–water partition coefficient (Wildman–Crippen LogP) is 2.59. The maximum Gasteiger partial charge on any atom is 0.0474 e. The van der Waals surface area contributed by atoms with Crippen LogP contribution in [0.2, 0.25) is 0 Å². The van der Waals surface area contributed by atoms with Crippen molar-refractivity contribution in [1.82, 2.24) is 4.98 Å². The summed E-state index contributed by atoms with van der Waals surface area (Å²) in [5.41, 5.74) is 7.46. The number of anilines is 1. The van der Waals surface area contributed by atoms with Gasteiger partial charge in [0.25, 0.3) is 0 Å². The number of H-pyrrole nitrogens is 1. The molecule has 66 valence electrons. The van der Waals surface area contributed by atoms with Crippen molar-refractivity contribution in [2.45, 2.75) is 0 Å². The van der Waals surface area contributed by atoms with Crippen LogP contribution in [-0.2, 0) is 0 Å². The number of hydrogen-bond acceptors (Lipinski definition) is 1. The molecule has 0 fully saturated rings. The maximum absolute atomic E-state index is 5.56. The molecule has 0 bridgehead atoms. The maximum atomic E-state index is 5.56. The van der Waals surface area contributed by atoms with E-state index in [4.69, 9.17) is 5.73 Å². The average Bonchev–Trinajstić information content (AvgIpc) is 2.33. The minimum absolute atomic E-state index is 0. The molecule has 4 heteroatoms. The molecule has 2 rings (SSSR count). The Morgan fingerprint density at radius 1 is 1.08 bits per heavy atom. The fourth-order valence-corrected chi connectivity index (χ4v) is 1.07. The van der Waals surface area contributed by atoms with Crippen molar-refractivity contribution in [3.05, 3.63) is 30.5 Å². The van der Waals surface area contributed by atoms with Crippen molar-refractivity contribution in [2.24, 2.45) is 0 Å². The van der Waals surface area contributed by atoms with E-state index in [0.29, 0.717) is 0 Å². The number of rotatable bonds is 0. The molecule has 12 heavy (non-hydrogen) atoms. The van der Waals surface area contributed by atoms with Crippen LogP contribution in [0, 0.1) is 0 Å². The molecule has 1 heterocycles. The molecule has 0 saturated heterocycles. The molecule has 0 aliphatic heterocycles. The van der Waals surface area contributed by atoms with Gasteiger partial charge in [-0.1, -0.05) is 6.07 Å². The number of benzene rings is 1. The van der Waals surface area contributed by atoms with Crippen molar-refractivity contribution in [3.8, 4) is 0 Å². The zero-order valence-corrected chi connectivity index (χ0v) is 7.91. The standard InChI is InChI=1S/C8H8N2.2ClH/c9-7-2-1-6-3-4-10-8(6)5-7;;/h1-5,10H,9H2;2*1H. The Kier molecular flexibility index (Phi) is 3.93. The third-order valence-electron chi connectivity index (χ3n) is 1.58. The Balaban J connectivity index is 0.000000605. The highest BCUT2D eigenvalue weighted by atomic mass is 35.5. The lowest BCUT2D eigenvalue weighted by Gasteiger charge is -1.90. The lowest BCUT2D eigenvalue weighted by molar-refractivity contribution is 1.48. The largest absolute Gasteiger partial charge is 0.399 e. The molecule has 0 amide bonds. The first kappa shape index (κ1) is 11.1. The molecule has 2 aromatic rings. The van der Waals surface area contributed by atoms with E-state index in [1.54, 1.807) is 0 Å². The van der Waals surface area contributed by atoms with Crippen LogP contribution in [0.15, 0.2) is 30.5 Å². The van der Waals surface area contributed by atoms with Gasteiger partial charge in [-0.2, -0.15) is 0 Å². The van der Waals surface area contributed by atoms with Gasteiger partial charge in [0.05, 0.1) is 0 Å². The number of hydrogen-bond donors (Lipinski definition) is 2. The summed E-state index contributed by atoms with van der Waals surface area (Å²) in [4.78, 5) is 3.08. The second-order valence-electron chi connectivity index (χ2n) is 2.32. The minimum atomic E-state index is 0. The lowest BCUT2D eigenvalue weighted by Crippen LogP contribution is -1.81. The van der Waals surface area contributed by atoms with Gasteiger partial charge in [0.15, 0.2) is 0 Å². The summed E-state index contributed by atoms with van der Waals surface area (Å²) in [6.45, 7) is 0. The first-order valence-corrected chi connectivity index (χ1v) is 3.19. The zero-order chi connectivity index (χ0) is 6.97. The number of aromatic nitrogens is 1. The molecule has 3 N–H and O–H groups in total. The summed E-state index contributed by atoms with van der Waals surface area (Å²) in [6, 6.07) is 7.85. The molecule has 1 aromatic carbocycles. The first-order chi connectivity index (χ1) is 4.86. The number of nitrogens with one attached hydrogen (secondary N) is 1. The molecule has 0 aliphatic rings. The van der Waals surface area contributed by atoms with E-state index in [0.717, 1.165) is 11.2 Å². The minimum Gasteiger partial charge on any atom is -0.399 e. The Morgan fingerprint density at radius 2 is 1.83 bits per heavy atom. The highest BCUT2D eigenvalue weighted by molar-refractivity contribution is 5.85. The van der Waals surface area contributed by atoms with Crippen LogP contribution < -0.4 is 5.73 Å². The van der Waals surface area contributed by atoms with Gasteiger partial charge in [0.1, 0.15) is 0 Å². The Hall–Kier alpha value is -0.860. The van der Waals surface area contributed by atoms with Crippen LogP contribution >= 0.6 is 24.8 Å². The van der Waals surface area contributed by atoms with Crippen LogP contribution in [-0.4, -0.2) is 4.98 Å². The molecular formula is C8H10Cl2N2. The van der Waals surface area contributed by atoms with E-state index in [-0.39, 0.29) is 24.8 Å². The smallest absolute Gasteiger partial charge is 0.0474 e. The van der Waals surface area contributed by atoms with E-state index in [2.05, 4.69) is 4.98 Å². The van der Waals surface area contributed by atoms with Crippen molar-refractivity contribution >= 4 is 41.4 Å². The van der Waals surface area contributed by atoms with Gasteiger partial charge >= 0.3 is 0 Å². The topological polar surface area (TPSA) is 41.8 Å². The van der Waals surface area contributed by atoms with Gasteiger partial charge in [-0.25, -0.2) is 0 Å². The second-order valence-corrected chi connectivity index (χ2v) is 2.32. The van der Waals surface area contributed by atoms with Crippen LogP contribution in [0.1, 0.15) is 0 Å². The van der Waals surface area contributed by atoms with Gasteiger partial charge < -0.3 is 10.7 Å².